The minimum Gasteiger partial charge on any atom is -0.497 e. The third-order valence-electron chi connectivity index (χ3n) is 2.86. The highest BCUT2D eigenvalue weighted by molar-refractivity contribution is 5.95. The number of pyridine rings is 1. The molecule has 0 bridgehead atoms. The molecule has 2 aromatic rings. The Morgan fingerprint density at radius 2 is 2.00 bits per heavy atom. The maximum absolute atomic E-state index is 12.0. The van der Waals surface area contributed by atoms with Gasteiger partial charge in [-0.1, -0.05) is 12.1 Å². The second-order valence-electron chi connectivity index (χ2n) is 4.17. The average Bonchev–Trinajstić information content (AvgIpc) is 2.46. The lowest BCUT2D eigenvalue weighted by Gasteiger charge is -2.07. The Kier molecular flexibility index (Phi) is 4.13. The van der Waals surface area contributed by atoms with Crippen molar-refractivity contribution in [3.05, 3.63) is 59.4 Å². The highest BCUT2D eigenvalue weighted by atomic mass is 16.5. The van der Waals surface area contributed by atoms with Gasteiger partial charge in [0.1, 0.15) is 5.75 Å². The number of aromatic nitrogens is 1. The van der Waals surface area contributed by atoms with Gasteiger partial charge in [0.2, 0.25) is 0 Å². The van der Waals surface area contributed by atoms with Crippen molar-refractivity contribution in [1.29, 1.82) is 0 Å². The van der Waals surface area contributed by atoms with Gasteiger partial charge in [0.15, 0.2) is 0 Å². The van der Waals surface area contributed by atoms with Crippen LogP contribution in [0.2, 0.25) is 0 Å². The van der Waals surface area contributed by atoms with Gasteiger partial charge in [-0.05, 0) is 36.8 Å². The number of nitrogens with one attached hydrogen (secondary N) is 1. The van der Waals surface area contributed by atoms with Crippen LogP contribution in [-0.4, -0.2) is 18.0 Å². The monoisotopic (exact) mass is 256 g/mol. The number of methoxy groups -OCH3 is 1. The van der Waals surface area contributed by atoms with E-state index in [0.29, 0.717) is 12.1 Å². The quantitative estimate of drug-likeness (QED) is 0.913. The SMILES string of the molecule is COc1ccc(CNC(=O)c2cccnc2C)cc1. The molecule has 4 heteroatoms. The Hall–Kier alpha value is -2.36. The third kappa shape index (κ3) is 3.31. The predicted octanol–water partition coefficient (Wildman–Crippen LogP) is 2.33. The first kappa shape index (κ1) is 13.1. The number of rotatable bonds is 4. The molecular weight excluding hydrogens is 240 g/mol. The lowest BCUT2D eigenvalue weighted by molar-refractivity contribution is 0.0950. The van der Waals surface area contributed by atoms with E-state index >= 15 is 0 Å². The molecule has 98 valence electrons. The van der Waals surface area contributed by atoms with Crippen molar-refractivity contribution < 1.29 is 9.53 Å². The molecule has 0 spiro atoms. The summed E-state index contributed by atoms with van der Waals surface area (Å²) in [4.78, 5) is 16.1. The zero-order valence-corrected chi connectivity index (χ0v) is 11.0. The van der Waals surface area contributed by atoms with Crippen molar-refractivity contribution in [3.8, 4) is 5.75 Å². The summed E-state index contributed by atoms with van der Waals surface area (Å²) in [5.41, 5.74) is 2.36. The Bertz CT molecular complexity index is 565. The maximum atomic E-state index is 12.0. The fraction of sp³-hybridized carbons (Fsp3) is 0.200. The fourth-order valence-electron chi connectivity index (χ4n) is 1.75. The topological polar surface area (TPSA) is 51.2 Å². The molecule has 0 aliphatic carbocycles. The van der Waals surface area contributed by atoms with Crippen LogP contribution in [0.25, 0.3) is 0 Å². The van der Waals surface area contributed by atoms with Crippen molar-refractivity contribution in [3.63, 3.8) is 0 Å². The van der Waals surface area contributed by atoms with Crippen LogP contribution in [0.4, 0.5) is 0 Å². The summed E-state index contributed by atoms with van der Waals surface area (Å²) in [6, 6.07) is 11.1. The van der Waals surface area contributed by atoms with E-state index in [-0.39, 0.29) is 5.91 Å². The zero-order valence-electron chi connectivity index (χ0n) is 11.0. The van der Waals surface area contributed by atoms with E-state index in [2.05, 4.69) is 10.3 Å². The van der Waals surface area contributed by atoms with E-state index < -0.39 is 0 Å². The molecule has 1 N–H and O–H groups in total. The van der Waals surface area contributed by atoms with Crippen LogP contribution in [0.1, 0.15) is 21.6 Å². The van der Waals surface area contributed by atoms with Crippen molar-refractivity contribution in [2.75, 3.05) is 7.11 Å². The standard InChI is InChI=1S/C15H16N2O2/c1-11-14(4-3-9-16-11)15(18)17-10-12-5-7-13(19-2)8-6-12/h3-9H,10H2,1-2H3,(H,17,18). The number of carbonyl (C=O) groups is 1. The fourth-order valence-corrected chi connectivity index (χ4v) is 1.75. The Morgan fingerprint density at radius 3 is 2.63 bits per heavy atom. The Morgan fingerprint density at radius 1 is 1.26 bits per heavy atom. The lowest BCUT2D eigenvalue weighted by atomic mass is 10.1. The normalized spacial score (nSPS) is 10.0. The van der Waals surface area contributed by atoms with Gasteiger partial charge in [0, 0.05) is 18.4 Å². The molecule has 4 nitrogen and oxygen atoms in total. The molecule has 2 rings (SSSR count). The summed E-state index contributed by atoms with van der Waals surface area (Å²) in [6.45, 7) is 2.31. The van der Waals surface area contributed by atoms with E-state index in [1.807, 2.05) is 31.2 Å². The van der Waals surface area contributed by atoms with Gasteiger partial charge in [0.05, 0.1) is 12.7 Å². The number of nitrogens with zero attached hydrogens (tertiary/aromatic N) is 1. The first-order valence-electron chi connectivity index (χ1n) is 6.03. The molecule has 0 aliphatic rings. The van der Waals surface area contributed by atoms with E-state index in [1.54, 1.807) is 25.4 Å². The summed E-state index contributed by atoms with van der Waals surface area (Å²) in [6.07, 6.45) is 1.68. The predicted molar refractivity (Wildman–Crippen MR) is 73.1 cm³/mol. The van der Waals surface area contributed by atoms with Gasteiger partial charge in [0.25, 0.3) is 5.91 Å². The first-order valence-corrected chi connectivity index (χ1v) is 6.03. The van der Waals surface area contributed by atoms with Gasteiger partial charge in [-0.25, -0.2) is 0 Å². The molecule has 1 amide bonds. The molecule has 0 unspecified atom stereocenters. The van der Waals surface area contributed by atoms with E-state index in [4.69, 9.17) is 4.74 Å². The van der Waals surface area contributed by atoms with Gasteiger partial charge < -0.3 is 10.1 Å². The van der Waals surface area contributed by atoms with Crippen LogP contribution in [-0.2, 0) is 6.54 Å². The van der Waals surface area contributed by atoms with Gasteiger partial charge in [-0.2, -0.15) is 0 Å². The first-order chi connectivity index (χ1) is 9.20. The number of benzene rings is 1. The van der Waals surface area contributed by atoms with Gasteiger partial charge in [-0.3, -0.25) is 9.78 Å². The number of hydrogen-bond donors (Lipinski definition) is 1. The van der Waals surface area contributed by atoms with Gasteiger partial charge >= 0.3 is 0 Å². The summed E-state index contributed by atoms with van der Waals surface area (Å²) >= 11 is 0. The molecule has 1 heterocycles. The van der Waals surface area contributed by atoms with Crippen molar-refractivity contribution in [2.45, 2.75) is 13.5 Å². The summed E-state index contributed by atoms with van der Waals surface area (Å²) in [5, 5.41) is 2.87. The molecule has 0 saturated heterocycles. The minimum absolute atomic E-state index is 0.110. The minimum atomic E-state index is -0.110. The molecule has 19 heavy (non-hydrogen) atoms. The second-order valence-corrected chi connectivity index (χ2v) is 4.17. The molecule has 0 aliphatic heterocycles. The number of ether oxygens (including phenoxy) is 1. The maximum Gasteiger partial charge on any atom is 0.253 e. The number of hydrogen-bond acceptors (Lipinski definition) is 3. The van der Waals surface area contributed by atoms with Crippen LogP contribution < -0.4 is 10.1 Å². The highest BCUT2D eigenvalue weighted by Crippen LogP contribution is 2.11. The van der Waals surface area contributed by atoms with Crippen LogP contribution in [0.15, 0.2) is 42.6 Å². The van der Waals surface area contributed by atoms with Crippen molar-refractivity contribution >= 4 is 5.91 Å². The summed E-state index contributed by atoms with van der Waals surface area (Å²) in [5.74, 6) is 0.694. The van der Waals surface area contributed by atoms with Crippen molar-refractivity contribution in [2.24, 2.45) is 0 Å². The second kappa shape index (κ2) is 6.00. The highest BCUT2D eigenvalue weighted by Gasteiger charge is 2.08. The van der Waals surface area contributed by atoms with E-state index in [0.717, 1.165) is 17.0 Å². The summed E-state index contributed by atoms with van der Waals surface area (Å²) in [7, 11) is 1.63. The smallest absolute Gasteiger partial charge is 0.253 e. The molecule has 0 saturated carbocycles. The van der Waals surface area contributed by atoms with Crippen molar-refractivity contribution in [1.82, 2.24) is 10.3 Å². The summed E-state index contributed by atoms with van der Waals surface area (Å²) < 4.78 is 5.08. The van der Waals surface area contributed by atoms with E-state index in [9.17, 15) is 4.79 Å². The largest absolute Gasteiger partial charge is 0.497 e. The van der Waals surface area contributed by atoms with E-state index in [1.165, 1.54) is 0 Å². The zero-order chi connectivity index (χ0) is 13.7. The molecule has 0 fully saturated rings. The number of carbonyl (C=O) groups excluding carboxylic acids is 1. The van der Waals surface area contributed by atoms with Crippen LogP contribution in [0.3, 0.4) is 0 Å². The van der Waals surface area contributed by atoms with Crippen LogP contribution in [0.5, 0.6) is 5.75 Å². The molecular formula is C15H16N2O2. The number of amides is 1. The molecule has 1 aromatic carbocycles. The van der Waals surface area contributed by atoms with Gasteiger partial charge in [-0.15, -0.1) is 0 Å². The molecule has 0 atom stereocenters. The lowest BCUT2D eigenvalue weighted by Crippen LogP contribution is -2.23. The Labute approximate surface area is 112 Å². The Balaban J connectivity index is 1.98. The average molecular weight is 256 g/mol. The molecule has 0 radical (unpaired) electrons. The molecule has 1 aromatic heterocycles. The van der Waals surface area contributed by atoms with Crippen LogP contribution in [0, 0.1) is 6.92 Å². The third-order valence-corrected chi connectivity index (χ3v) is 2.86. The number of aryl methyl sites for hydroxylation is 1. The van der Waals surface area contributed by atoms with Crippen LogP contribution >= 0.6 is 0 Å².